The molecule has 3 heterocycles. The van der Waals surface area contributed by atoms with E-state index < -0.39 is 16.1 Å². The number of nitrogens with zero attached hydrogens (tertiary/aromatic N) is 3. The molecule has 3 aromatic carbocycles. The highest BCUT2D eigenvalue weighted by Crippen LogP contribution is 2.32. The van der Waals surface area contributed by atoms with Crippen LogP contribution in [0.25, 0.3) is 21.0 Å². The van der Waals surface area contributed by atoms with Crippen LogP contribution in [0.15, 0.2) is 59.5 Å². The number of β-amino-alcohol motifs (C(OH)–C–C–N with tert-alkyl or cyclic N) is 1. The number of aliphatic hydroxyl groups is 1. The molecule has 0 spiro atoms. The largest absolute Gasteiger partial charge is 0.491 e. The van der Waals surface area contributed by atoms with Crippen LogP contribution in [-0.4, -0.2) is 92.3 Å². The highest BCUT2D eigenvalue weighted by atomic mass is 32.2. The third kappa shape index (κ3) is 5.69. The van der Waals surface area contributed by atoms with Crippen LogP contribution < -0.4 is 10.1 Å². The Bertz CT molecular complexity index is 1650. The van der Waals surface area contributed by atoms with Gasteiger partial charge in [-0.2, -0.15) is 4.31 Å². The minimum absolute atomic E-state index is 0.0903. The Balaban J connectivity index is 1.22. The van der Waals surface area contributed by atoms with Crippen molar-refractivity contribution in [2.45, 2.75) is 17.4 Å². The average molecular weight is 583 g/mol. The molecule has 2 N–H and O–H groups in total. The lowest BCUT2D eigenvalue weighted by atomic mass is 10.1. The Labute approximate surface area is 236 Å². The van der Waals surface area contributed by atoms with Gasteiger partial charge in [0, 0.05) is 32.7 Å². The van der Waals surface area contributed by atoms with E-state index in [2.05, 4.69) is 15.2 Å². The van der Waals surface area contributed by atoms with Gasteiger partial charge in [-0.05, 0) is 47.5 Å². The van der Waals surface area contributed by atoms with Crippen molar-refractivity contribution in [3.8, 4) is 5.75 Å². The van der Waals surface area contributed by atoms with E-state index in [-0.39, 0.29) is 23.9 Å². The van der Waals surface area contributed by atoms with Crippen molar-refractivity contribution in [2.75, 3.05) is 57.9 Å². The Morgan fingerprint density at radius 1 is 1.10 bits per heavy atom. The number of fused-ring (bicyclic) bond motifs is 2. The zero-order chi connectivity index (χ0) is 27.7. The lowest BCUT2D eigenvalue weighted by molar-refractivity contribution is 0.0322. The van der Waals surface area contributed by atoms with Gasteiger partial charge < -0.3 is 14.6 Å². The number of hydrogen-bond acceptors (Lipinski definition) is 9. The van der Waals surface area contributed by atoms with E-state index >= 15 is 0 Å². The fourth-order valence-electron chi connectivity index (χ4n) is 4.99. The van der Waals surface area contributed by atoms with Gasteiger partial charge in [0.1, 0.15) is 12.4 Å². The van der Waals surface area contributed by atoms with Crippen molar-refractivity contribution >= 4 is 53.4 Å². The van der Waals surface area contributed by atoms with E-state index in [4.69, 9.17) is 9.47 Å². The first kappa shape index (κ1) is 27.1. The average Bonchev–Trinajstić information content (AvgIpc) is 3.58. The second-order valence-corrected chi connectivity index (χ2v) is 12.9. The predicted molar refractivity (Wildman–Crippen MR) is 154 cm³/mol. The van der Waals surface area contributed by atoms with Gasteiger partial charge in [-0.3, -0.25) is 15.0 Å². The molecule has 1 aromatic heterocycles. The van der Waals surface area contributed by atoms with Gasteiger partial charge in [0.2, 0.25) is 10.0 Å². The van der Waals surface area contributed by atoms with Crippen LogP contribution in [-0.2, 0) is 14.8 Å². The van der Waals surface area contributed by atoms with Gasteiger partial charge in [-0.15, -0.1) is 0 Å². The number of carbonyl (C=O) groups is 1. The molecule has 0 aliphatic carbocycles. The minimum Gasteiger partial charge on any atom is -0.491 e. The lowest BCUT2D eigenvalue weighted by Crippen LogP contribution is -2.38. The van der Waals surface area contributed by atoms with Crippen molar-refractivity contribution in [1.82, 2.24) is 14.2 Å². The number of aliphatic hydroxyl groups excluding tert-OH is 1. The molecule has 210 valence electrons. The predicted octanol–water partition coefficient (Wildman–Crippen LogP) is 3.17. The molecule has 0 saturated carbocycles. The Kier molecular flexibility index (Phi) is 7.71. The zero-order valence-corrected chi connectivity index (χ0v) is 23.4. The summed E-state index contributed by atoms with van der Waals surface area (Å²) in [5, 5.41) is 14.9. The molecule has 4 aromatic rings. The number of amides is 1. The summed E-state index contributed by atoms with van der Waals surface area (Å²) in [7, 11) is -3.73. The van der Waals surface area contributed by atoms with Gasteiger partial charge in [-0.1, -0.05) is 35.6 Å². The van der Waals surface area contributed by atoms with E-state index in [1.165, 1.54) is 21.7 Å². The number of anilines is 1. The van der Waals surface area contributed by atoms with Crippen LogP contribution in [0.5, 0.6) is 5.75 Å². The van der Waals surface area contributed by atoms with Crippen molar-refractivity contribution in [3.05, 3.63) is 60.2 Å². The summed E-state index contributed by atoms with van der Waals surface area (Å²) in [5.74, 6) is 0.136. The second-order valence-electron chi connectivity index (χ2n) is 9.91. The number of hydrogen-bond donors (Lipinski definition) is 2. The molecule has 10 nitrogen and oxygen atoms in total. The number of nitrogens with one attached hydrogen (secondary N) is 1. The normalized spacial score (nSPS) is 18.9. The maximum atomic E-state index is 13.5. The highest BCUT2D eigenvalue weighted by Gasteiger charge is 2.32. The number of thiazole rings is 1. The number of morpholine rings is 1. The molecule has 2 aliphatic rings. The molecule has 2 saturated heterocycles. The van der Waals surface area contributed by atoms with Crippen LogP contribution in [0.3, 0.4) is 0 Å². The smallest absolute Gasteiger partial charge is 0.261 e. The second kappa shape index (κ2) is 11.4. The minimum atomic E-state index is -3.73. The first-order valence-corrected chi connectivity index (χ1v) is 15.5. The molecule has 0 bridgehead atoms. The van der Waals surface area contributed by atoms with Crippen LogP contribution in [0.2, 0.25) is 0 Å². The molecule has 1 amide bonds. The summed E-state index contributed by atoms with van der Waals surface area (Å²) in [5.41, 5.74) is 0.983. The third-order valence-electron chi connectivity index (χ3n) is 7.21. The quantitative estimate of drug-likeness (QED) is 0.325. The number of benzene rings is 3. The van der Waals surface area contributed by atoms with Gasteiger partial charge >= 0.3 is 0 Å². The van der Waals surface area contributed by atoms with Crippen molar-refractivity contribution in [1.29, 1.82) is 0 Å². The fourth-order valence-corrected chi connectivity index (χ4v) is 7.48. The molecular formula is C28H30N4O6S2. The van der Waals surface area contributed by atoms with Crippen LogP contribution in [0.4, 0.5) is 5.13 Å². The van der Waals surface area contributed by atoms with E-state index in [0.29, 0.717) is 52.9 Å². The van der Waals surface area contributed by atoms with Crippen molar-refractivity contribution in [3.63, 3.8) is 0 Å². The molecule has 12 heteroatoms. The standard InChI is InChI=1S/C28H30N4O6S2/c33-21-7-8-32(18-21)40(35,36)22-5-6-24-26(17-22)39-28(29-24)30-27(34)23-15-19-3-1-2-4-20(19)16-25(23)38-14-11-31-9-12-37-13-10-31/h1-6,15-17,21,33H,7-14,18H2,(H,29,30,34)/t21-/m1/s1. The maximum absolute atomic E-state index is 13.5. The summed E-state index contributed by atoms with van der Waals surface area (Å²) in [4.78, 5) is 20.4. The van der Waals surface area contributed by atoms with E-state index in [0.717, 1.165) is 30.4 Å². The van der Waals surface area contributed by atoms with Gasteiger partial charge in [0.25, 0.3) is 5.91 Å². The summed E-state index contributed by atoms with van der Waals surface area (Å²) in [6, 6.07) is 16.2. The van der Waals surface area contributed by atoms with Crippen LogP contribution in [0, 0.1) is 0 Å². The first-order valence-electron chi connectivity index (χ1n) is 13.2. The summed E-state index contributed by atoms with van der Waals surface area (Å²) in [6.45, 7) is 4.67. The van der Waals surface area contributed by atoms with E-state index in [1.807, 2.05) is 36.4 Å². The molecule has 40 heavy (non-hydrogen) atoms. The molecular weight excluding hydrogens is 552 g/mol. The number of aromatic nitrogens is 1. The summed E-state index contributed by atoms with van der Waals surface area (Å²) in [6.07, 6.45) is -0.224. The Hall–Kier alpha value is -3.13. The van der Waals surface area contributed by atoms with E-state index in [9.17, 15) is 18.3 Å². The van der Waals surface area contributed by atoms with Crippen molar-refractivity contribution < 1.29 is 27.8 Å². The molecule has 0 unspecified atom stereocenters. The van der Waals surface area contributed by atoms with Crippen molar-refractivity contribution in [2.24, 2.45) is 0 Å². The van der Waals surface area contributed by atoms with Crippen LogP contribution >= 0.6 is 11.3 Å². The zero-order valence-electron chi connectivity index (χ0n) is 21.8. The molecule has 2 fully saturated rings. The highest BCUT2D eigenvalue weighted by molar-refractivity contribution is 7.89. The molecule has 0 radical (unpaired) electrons. The fraction of sp³-hybridized carbons (Fsp3) is 0.357. The number of sulfonamides is 1. The Morgan fingerprint density at radius 2 is 1.88 bits per heavy atom. The SMILES string of the molecule is O=C(Nc1nc2ccc(S(=O)(=O)N3CC[C@@H](O)C3)cc2s1)c1cc2ccccc2cc1OCCN1CCOCC1. The first-order chi connectivity index (χ1) is 19.4. The topological polar surface area (TPSA) is 121 Å². The number of rotatable bonds is 8. The van der Waals surface area contributed by atoms with Crippen LogP contribution in [0.1, 0.15) is 16.8 Å². The number of carbonyl (C=O) groups excluding carboxylic acids is 1. The monoisotopic (exact) mass is 582 g/mol. The molecule has 1 atom stereocenters. The Morgan fingerprint density at radius 3 is 2.62 bits per heavy atom. The number of ether oxygens (including phenoxy) is 2. The summed E-state index contributed by atoms with van der Waals surface area (Å²) < 4.78 is 39.5. The van der Waals surface area contributed by atoms with Gasteiger partial charge in [-0.25, -0.2) is 13.4 Å². The van der Waals surface area contributed by atoms with Gasteiger partial charge in [0.05, 0.1) is 40.0 Å². The maximum Gasteiger partial charge on any atom is 0.261 e. The van der Waals surface area contributed by atoms with E-state index in [1.54, 1.807) is 12.1 Å². The lowest BCUT2D eigenvalue weighted by Gasteiger charge is -2.26. The molecule has 2 aliphatic heterocycles. The van der Waals surface area contributed by atoms with Gasteiger partial charge in [0.15, 0.2) is 5.13 Å². The third-order valence-corrected chi connectivity index (χ3v) is 10.0. The summed E-state index contributed by atoms with van der Waals surface area (Å²) >= 11 is 1.21. The molecule has 6 rings (SSSR count).